The SMILES string of the molecule is OB(O)c1cc(S)ccc1OC(F)(F)F. The second-order valence-corrected chi connectivity index (χ2v) is 3.16. The summed E-state index contributed by atoms with van der Waals surface area (Å²) in [4.78, 5) is 0.299. The molecule has 0 fully saturated rings. The summed E-state index contributed by atoms with van der Waals surface area (Å²) in [7, 11) is -2.05. The summed E-state index contributed by atoms with van der Waals surface area (Å²) < 4.78 is 39.2. The molecule has 0 aliphatic rings. The van der Waals surface area contributed by atoms with Crippen molar-refractivity contribution in [1.82, 2.24) is 0 Å². The van der Waals surface area contributed by atoms with Crippen LogP contribution in [0.3, 0.4) is 0 Å². The summed E-state index contributed by atoms with van der Waals surface area (Å²) in [6.07, 6.45) is -4.87. The Hall–Kier alpha value is -0.855. The van der Waals surface area contributed by atoms with Gasteiger partial charge in [-0.2, -0.15) is 0 Å². The first-order chi connectivity index (χ1) is 6.79. The van der Waals surface area contributed by atoms with Gasteiger partial charge in [0.15, 0.2) is 0 Å². The number of ether oxygens (including phenoxy) is 1. The summed E-state index contributed by atoms with van der Waals surface area (Å²) in [5, 5.41) is 17.6. The molecule has 0 unspecified atom stereocenters. The summed E-state index contributed by atoms with van der Waals surface area (Å²) in [6.45, 7) is 0. The van der Waals surface area contributed by atoms with E-state index in [1.807, 2.05) is 0 Å². The van der Waals surface area contributed by atoms with Gasteiger partial charge < -0.3 is 14.8 Å². The van der Waals surface area contributed by atoms with E-state index in [1.165, 1.54) is 6.07 Å². The van der Waals surface area contributed by atoms with Crippen LogP contribution < -0.4 is 10.2 Å². The minimum atomic E-state index is -4.87. The number of benzene rings is 1. The molecule has 1 rings (SSSR count). The average molecular weight is 238 g/mol. The number of hydrogen-bond acceptors (Lipinski definition) is 4. The van der Waals surface area contributed by atoms with Crippen molar-refractivity contribution in [3.63, 3.8) is 0 Å². The quantitative estimate of drug-likeness (QED) is 0.521. The van der Waals surface area contributed by atoms with Gasteiger partial charge in [-0.05, 0) is 18.2 Å². The van der Waals surface area contributed by atoms with Gasteiger partial charge in [0.1, 0.15) is 5.75 Å². The maximum Gasteiger partial charge on any atom is 0.573 e. The van der Waals surface area contributed by atoms with Crippen molar-refractivity contribution in [2.45, 2.75) is 11.3 Å². The Labute approximate surface area is 89.0 Å². The smallest absolute Gasteiger partial charge is 0.423 e. The highest BCUT2D eigenvalue weighted by molar-refractivity contribution is 7.80. The fourth-order valence-corrected chi connectivity index (χ4v) is 1.17. The third-order valence-electron chi connectivity index (χ3n) is 1.50. The summed E-state index contributed by atoms with van der Waals surface area (Å²) in [5.74, 6) is -0.657. The van der Waals surface area contributed by atoms with E-state index in [0.717, 1.165) is 12.1 Å². The van der Waals surface area contributed by atoms with Gasteiger partial charge in [0.05, 0.1) is 0 Å². The van der Waals surface area contributed by atoms with E-state index in [2.05, 4.69) is 17.4 Å². The lowest BCUT2D eigenvalue weighted by atomic mass is 9.79. The van der Waals surface area contributed by atoms with Crippen molar-refractivity contribution in [1.29, 1.82) is 0 Å². The van der Waals surface area contributed by atoms with Crippen LogP contribution in [-0.4, -0.2) is 23.5 Å². The third-order valence-corrected chi connectivity index (χ3v) is 1.78. The molecule has 0 aliphatic carbocycles. The Bertz CT molecular complexity index is 356. The molecule has 0 saturated heterocycles. The lowest BCUT2D eigenvalue weighted by Gasteiger charge is -2.13. The maximum absolute atomic E-state index is 11.9. The lowest BCUT2D eigenvalue weighted by molar-refractivity contribution is -0.274. The van der Waals surface area contributed by atoms with E-state index in [-0.39, 0.29) is 5.46 Å². The Morgan fingerprint density at radius 2 is 1.87 bits per heavy atom. The van der Waals surface area contributed by atoms with Crippen molar-refractivity contribution in [3.05, 3.63) is 18.2 Å². The normalized spacial score (nSPS) is 11.3. The Morgan fingerprint density at radius 3 is 2.33 bits per heavy atom. The molecule has 0 aliphatic heterocycles. The average Bonchev–Trinajstić information content (AvgIpc) is 2.05. The zero-order valence-corrected chi connectivity index (χ0v) is 8.09. The van der Waals surface area contributed by atoms with Crippen LogP contribution in [0.25, 0.3) is 0 Å². The second kappa shape index (κ2) is 4.34. The molecule has 0 bridgehead atoms. The summed E-state index contributed by atoms with van der Waals surface area (Å²) >= 11 is 3.85. The van der Waals surface area contributed by atoms with E-state index in [9.17, 15) is 13.2 Å². The molecule has 0 heterocycles. The fourth-order valence-electron chi connectivity index (χ4n) is 0.955. The molecule has 0 atom stereocenters. The van der Waals surface area contributed by atoms with Crippen molar-refractivity contribution in [3.8, 4) is 5.75 Å². The van der Waals surface area contributed by atoms with Crippen molar-refractivity contribution >= 4 is 25.2 Å². The second-order valence-electron chi connectivity index (χ2n) is 2.64. The number of thiol groups is 1. The van der Waals surface area contributed by atoms with Crippen molar-refractivity contribution < 1.29 is 28.0 Å². The van der Waals surface area contributed by atoms with E-state index in [1.54, 1.807) is 0 Å². The molecule has 0 saturated carbocycles. The molecular formula is C7H6BF3O3S. The molecule has 0 radical (unpaired) electrons. The highest BCUT2D eigenvalue weighted by Gasteiger charge is 2.33. The fraction of sp³-hybridized carbons (Fsp3) is 0.143. The first kappa shape index (κ1) is 12.2. The van der Waals surface area contributed by atoms with Crippen LogP contribution in [0.1, 0.15) is 0 Å². The monoisotopic (exact) mass is 238 g/mol. The van der Waals surface area contributed by atoms with Crippen LogP contribution >= 0.6 is 12.6 Å². The Kier molecular flexibility index (Phi) is 3.53. The molecule has 82 valence electrons. The van der Waals surface area contributed by atoms with Gasteiger partial charge in [-0.1, -0.05) is 0 Å². The molecule has 2 N–H and O–H groups in total. The summed E-state index contributed by atoms with van der Waals surface area (Å²) in [6, 6.07) is 3.29. The molecule has 0 amide bonds. The molecule has 1 aromatic carbocycles. The highest BCUT2D eigenvalue weighted by atomic mass is 32.1. The Balaban J connectivity index is 3.06. The molecule has 1 aromatic rings. The minimum Gasteiger partial charge on any atom is -0.423 e. The first-order valence-electron chi connectivity index (χ1n) is 3.74. The number of rotatable bonds is 2. The van der Waals surface area contributed by atoms with Crippen LogP contribution in [-0.2, 0) is 0 Å². The van der Waals surface area contributed by atoms with Gasteiger partial charge in [-0.25, -0.2) is 0 Å². The van der Waals surface area contributed by atoms with Crippen molar-refractivity contribution in [2.24, 2.45) is 0 Å². The molecule has 8 heteroatoms. The molecule has 15 heavy (non-hydrogen) atoms. The standard InChI is InChI=1S/C7H6BF3O3S/c9-7(10,11)14-6-2-1-4(15)3-5(6)8(12)13/h1-3,12-13,15H. The van der Waals surface area contributed by atoms with Gasteiger partial charge in [0.25, 0.3) is 0 Å². The number of alkyl halides is 3. The predicted molar refractivity (Wildman–Crippen MR) is 50.2 cm³/mol. The largest absolute Gasteiger partial charge is 0.573 e. The topological polar surface area (TPSA) is 49.7 Å². The van der Waals surface area contributed by atoms with Crippen LogP contribution in [0, 0.1) is 0 Å². The van der Waals surface area contributed by atoms with Crippen LogP contribution in [0.5, 0.6) is 5.75 Å². The predicted octanol–water partition coefficient (Wildman–Crippen LogP) is 0.554. The number of halogens is 3. The van der Waals surface area contributed by atoms with E-state index in [0.29, 0.717) is 4.90 Å². The molecule has 0 spiro atoms. The van der Waals surface area contributed by atoms with E-state index < -0.39 is 19.2 Å². The lowest BCUT2D eigenvalue weighted by Crippen LogP contribution is -2.33. The van der Waals surface area contributed by atoms with Gasteiger partial charge >= 0.3 is 13.5 Å². The van der Waals surface area contributed by atoms with Gasteiger partial charge in [0, 0.05) is 10.4 Å². The zero-order chi connectivity index (χ0) is 11.6. The van der Waals surface area contributed by atoms with Crippen LogP contribution in [0.2, 0.25) is 0 Å². The summed E-state index contributed by atoms with van der Waals surface area (Å²) in [5.41, 5.74) is -0.389. The van der Waals surface area contributed by atoms with Gasteiger partial charge in [-0.15, -0.1) is 25.8 Å². The van der Waals surface area contributed by atoms with Crippen molar-refractivity contribution in [2.75, 3.05) is 0 Å². The van der Waals surface area contributed by atoms with Gasteiger partial charge in [0.2, 0.25) is 0 Å². The molecular weight excluding hydrogens is 232 g/mol. The Morgan fingerprint density at radius 1 is 1.27 bits per heavy atom. The zero-order valence-electron chi connectivity index (χ0n) is 7.19. The van der Waals surface area contributed by atoms with E-state index >= 15 is 0 Å². The van der Waals surface area contributed by atoms with E-state index in [4.69, 9.17) is 10.0 Å². The molecule has 3 nitrogen and oxygen atoms in total. The molecule has 0 aromatic heterocycles. The maximum atomic E-state index is 11.9. The van der Waals surface area contributed by atoms with Gasteiger partial charge in [-0.3, -0.25) is 0 Å². The highest BCUT2D eigenvalue weighted by Crippen LogP contribution is 2.22. The van der Waals surface area contributed by atoms with Crippen LogP contribution in [0.4, 0.5) is 13.2 Å². The number of hydrogen-bond donors (Lipinski definition) is 3. The first-order valence-corrected chi connectivity index (χ1v) is 4.19. The third kappa shape index (κ3) is 3.65. The van der Waals surface area contributed by atoms with Crippen LogP contribution in [0.15, 0.2) is 23.1 Å². The minimum absolute atomic E-state index is 0.299.